The lowest BCUT2D eigenvalue weighted by molar-refractivity contribution is -0.200. The van der Waals surface area contributed by atoms with E-state index in [1.165, 1.54) is 0 Å². The Morgan fingerprint density at radius 1 is 1.61 bits per heavy atom. The molecule has 18 heavy (non-hydrogen) atoms. The number of hydrogen-bond acceptors (Lipinski definition) is 5. The highest BCUT2D eigenvalue weighted by Crippen LogP contribution is 2.33. The third-order valence-corrected chi connectivity index (χ3v) is 3.19. The van der Waals surface area contributed by atoms with Gasteiger partial charge in [-0.05, 0) is 47.7 Å². The first-order chi connectivity index (χ1) is 8.46. The molecule has 0 saturated heterocycles. The highest BCUT2D eigenvalue weighted by atomic mass is 127. The fourth-order valence-electron chi connectivity index (χ4n) is 1.70. The Balaban J connectivity index is 2.36. The van der Waals surface area contributed by atoms with E-state index in [4.69, 9.17) is 9.47 Å². The molecule has 1 N–H and O–H groups in total. The summed E-state index contributed by atoms with van der Waals surface area (Å²) < 4.78 is 10.8. The molecule has 1 atom stereocenters. The van der Waals surface area contributed by atoms with E-state index >= 15 is 0 Å². The first kappa shape index (κ1) is 13.3. The molecule has 6 heteroatoms. The molecule has 1 heterocycles. The van der Waals surface area contributed by atoms with Crippen LogP contribution in [0.4, 0.5) is 0 Å². The Morgan fingerprint density at radius 2 is 2.33 bits per heavy atom. The standard InChI is InChI=1S/C12H11IO5/c1-2-17-11(15)12(16)6-9(14)8-5-7(13)3-4-10(8)18-12/h3-5,16H,2,6H2,1H3. The molecule has 0 spiro atoms. The highest BCUT2D eigenvalue weighted by molar-refractivity contribution is 14.1. The van der Waals surface area contributed by atoms with Crippen LogP contribution in [-0.4, -0.2) is 29.3 Å². The van der Waals surface area contributed by atoms with Crippen molar-refractivity contribution in [1.29, 1.82) is 0 Å². The van der Waals surface area contributed by atoms with Gasteiger partial charge in [0.05, 0.1) is 18.6 Å². The molecule has 0 aliphatic carbocycles. The summed E-state index contributed by atoms with van der Waals surface area (Å²) in [5.74, 6) is -3.30. The maximum Gasteiger partial charge on any atom is 0.380 e. The van der Waals surface area contributed by atoms with Crippen LogP contribution in [0.1, 0.15) is 23.7 Å². The quantitative estimate of drug-likeness (QED) is 0.638. The fraction of sp³-hybridized carbons (Fsp3) is 0.333. The Labute approximate surface area is 117 Å². The number of Topliss-reactive ketones (excluding diaryl/α,β-unsaturated/α-hetero) is 1. The van der Waals surface area contributed by atoms with Crippen molar-refractivity contribution in [3.8, 4) is 5.75 Å². The molecule has 0 amide bonds. The molecule has 0 fully saturated rings. The predicted molar refractivity (Wildman–Crippen MR) is 70.3 cm³/mol. The summed E-state index contributed by atoms with van der Waals surface area (Å²) in [6.45, 7) is 1.72. The van der Waals surface area contributed by atoms with Crippen LogP contribution in [0.5, 0.6) is 5.75 Å². The molecule has 5 nitrogen and oxygen atoms in total. The average molecular weight is 362 g/mol. The number of ketones is 1. The lowest BCUT2D eigenvalue weighted by Crippen LogP contribution is -2.50. The second kappa shape index (κ2) is 4.85. The summed E-state index contributed by atoms with van der Waals surface area (Å²) in [6.07, 6.45) is -0.432. The summed E-state index contributed by atoms with van der Waals surface area (Å²) in [5.41, 5.74) is 0.371. The van der Waals surface area contributed by atoms with Gasteiger partial charge < -0.3 is 14.6 Å². The molecule has 1 aliphatic rings. The first-order valence-corrected chi connectivity index (χ1v) is 6.45. The van der Waals surface area contributed by atoms with Crippen LogP contribution in [-0.2, 0) is 9.53 Å². The molecule has 1 aromatic carbocycles. The molecule has 0 bridgehead atoms. The van der Waals surface area contributed by atoms with Gasteiger partial charge in [0.2, 0.25) is 0 Å². The Hall–Kier alpha value is -1.15. The van der Waals surface area contributed by atoms with Crippen LogP contribution in [0.25, 0.3) is 0 Å². The number of aliphatic hydroxyl groups is 1. The molecule has 1 aromatic rings. The van der Waals surface area contributed by atoms with Gasteiger partial charge in [-0.25, -0.2) is 4.79 Å². The second-order valence-electron chi connectivity index (χ2n) is 3.85. The van der Waals surface area contributed by atoms with E-state index in [0.717, 1.165) is 3.57 Å². The van der Waals surface area contributed by atoms with Gasteiger partial charge in [0.25, 0.3) is 0 Å². The number of esters is 1. The van der Waals surface area contributed by atoms with E-state index in [9.17, 15) is 14.7 Å². The largest absolute Gasteiger partial charge is 0.461 e. The van der Waals surface area contributed by atoms with Crippen molar-refractivity contribution in [2.24, 2.45) is 0 Å². The third-order valence-electron chi connectivity index (χ3n) is 2.52. The predicted octanol–water partition coefficient (Wildman–Crippen LogP) is 1.51. The minimum atomic E-state index is -2.22. The summed E-state index contributed by atoms with van der Waals surface area (Å²) in [4.78, 5) is 23.5. The molecule has 2 rings (SSSR count). The number of fused-ring (bicyclic) bond motifs is 1. The van der Waals surface area contributed by atoms with Crippen LogP contribution in [0.3, 0.4) is 0 Å². The topological polar surface area (TPSA) is 72.8 Å². The Kier molecular flexibility index (Phi) is 3.58. The number of rotatable bonds is 2. The van der Waals surface area contributed by atoms with E-state index in [1.54, 1.807) is 25.1 Å². The molecule has 1 aliphatic heterocycles. The molecule has 0 radical (unpaired) electrons. The molecule has 0 aromatic heterocycles. The zero-order valence-electron chi connectivity index (χ0n) is 9.60. The van der Waals surface area contributed by atoms with Crippen molar-refractivity contribution in [2.45, 2.75) is 19.1 Å². The van der Waals surface area contributed by atoms with Crippen molar-refractivity contribution in [2.75, 3.05) is 6.61 Å². The van der Waals surface area contributed by atoms with E-state index in [1.807, 2.05) is 0 Å². The lowest BCUT2D eigenvalue weighted by Gasteiger charge is -2.30. The smallest absolute Gasteiger partial charge is 0.380 e. The number of halogens is 1. The molecule has 96 valence electrons. The van der Waals surface area contributed by atoms with Gasteiger partial charge >= 0.3 is 11.8 Å². The van der Waals surface area contributed by atoms with Gasteiger partial charge in [-0.15, -0.1) is 0 Å². The van der Waals surface area contributed by atoms with Crippen molar-refractivity contribution in [1.82, 2.24) is 0 Å². The number of ether oxygens (including phenoxy) is 2. The number of hydrogen-bond donors (Lipinski definition) is 1. The monoisotopic (exact) mass is 362 g/mol. The minimum absolute atomic E-state index is 0.109. The van der Waals surface area contributed by atoms with Crippen molar-refractivity contribution in [3.05, 3.63) is 27.3 Å². The maximum absolute atomic E-state index is 11.9. The van der Waals surface area contributed by atoms with Gasteiger partial charge in [0, 0.05) is 3.57 Å². The summed E-state index contributed by atoms with van der Waals surface area (Å²) >= 11 is 2.07. The Morgan fingerprint density at radius 3 is 3.00 bits per heavy atom. The van der Waals surface area contributed by atoms with Crippen LogP contribution in [0.2, 0.25) is 0 Å². The van der Waals surface area contributed by atoms with Crippen LogP contribution in [0, 0.1) is 3.57 Å². The van der Waals surface area contributed by atoms with Crippen LogP contribution in [0.15, 0.2) is 18.2 Å². The Bertz CT molecular complexity index is 513. The molecular weight excluding hydrogens is 351 g/mol. The van der Waals surface area contributed by atoms with E-state index < -0.39 is 18.2 Å². The molecular formula is C12H11IO5. The van der Waals surface area contributed by atoms with Crippen molar-refractivity contribution >= 4 is 34.3 Å². The lowest BCUT2D eigenvalue weighted by atomic mass is 9.98. The van der Waals surface area contributed by atoms with Crippen molar-refractivity contribution in [3.63, 3.8) is 0 Å². The minimum Gasteiger partial charge on any atom is -0.461 e. The van der Waals surface area contributed by atoms with E-state index in [0.29, 0.717) is 5.56 Å². The zero-order valence-corrected chi connectivity index (χ0v) is 11.8. The summed E-state index contributed by atoms with van der Waals surface area (Å²) in [7, 11) is 0. The van der Waals surface area contributed by atoms with E-state index in [-0.39, 0.29) is 18.1 Å². The maximum atomic E-state index is 11.9. The van der Waals surface area contributed by atoms with E-state index in [2.05, 4.69) is 22.6 Å². The molecule has 0 saturated carbocycles. The average Bonchev–Trinajstić information content (AvgIpc) is 2.30. The molecule has 1 unspecified atom stereocenters. The number of carbonyl (C=O) groups is 2. The van der Waals surface area contributed by atoms with Gasteiger partial charge in [-0.1, -0.05) is 0 Å². The second-order valence-corrected chi connectivity index (χ2v) is 5.09. The first-order valence-electron chi connectivity index (χ1n) is 5.37. The third kappa shape index (κ3) is 2.35. The zero-order chi connectivity index (χ0) is 13.3. The van der Waals surface area contributed by atoms with Gasteiger partial charge in [-0.3, -0.25) is 4.79 Å². The van der Waals surface area contributed by atoms with Crippen LogP contribution >= 0.6 is 22.6 Å². The summed E-state index contributed by atoms with van der Waals surface area (Å²) in [5, 5.41) is 10.0. The highest BCUT2D eigenvalue weighted by Gasteiger charge is 2.47. The van der Waals surface area contributed by atoms with Crippen LogP contribution < -0.4 is 4.74 Å². The van der Waals surface area contributed by atoms with Gasteiger partial charge in [0.1, 0.15) is 5.75 Å². The fourth-order valence-corrected chi connectivity index (χ4v) is 2.19. The van der Waals surface area contributed by atoms with Gasteiger partial charge in [-0.2, -0.15) is 0 Å². The number of benzene rings is 1. The van der Waals surface area contributed by atoms with Crippen molar-refractivity contribution < 1.29 is 24.2 Å². The normalized spacial score (nSPS) is 22.1. The van der Waals surface area contributed by atoms with Gasteiger partial charge in [0.15, 0.2) is 5.78 Å². The SMILES string of the molecule is CCOC(=O)C1(O)CC(=O)c2cc(I)ccc2O1. The summed E-state index contributed by atoms with van der Waals surface area (Å²) in [6, 6.07) is 4.94. The number of carbonyl (C=O) groups excluding carboxylic acids is 2.